The van der Waals surface area contributed by atoms with Crippen LogP contribution in [0.2, 0.25) is 0 Å². The van der Waals surface area contributed by atoms with E-state index in [1.807, 2.05) is 0 Å². The lowest BCUT2D eigenvalue weighted by Gasteiger charge is -2.14. The Kier molecular flexibility index (Phi) is 3.93. The second-order valence-electron chi connectivity index (χ2n) is 5.65. The number of alkyl halides is 3. The van der Waals surface area contributed by atoms with E-state index in [4.69, 9.17) is 0 Å². The highest BCUT2D eigenvalue weighted by molar-refractivity contribution is 6.08. The van der Waals surface area contributed by atoms with Crippen molar-refractivity contribution in [3.05, 3.63) is 34.9 Å². The Balaban J connectivity index is 2.14. The first-order valence-electron chi connectivity index (χ1n) is 7.26. The van der Waals surface area contributed by atoms with Gasteiger partial charge in [0.25, 0.3) is 5.91 Å². The third kappa shape index (κ3) is 2.92. The molecule has 0 fully saturated rings. The van der Waals surface area contributed by atoms with Crippen molar-refractivity contribution in [1.82, 2.24) is 24.9 Å². The minimum atomic E-state index is -4.62. The van der Waals surface area contributed by atoms with E-state index in [0.29, 0.717) is 5.69 Å². The van der Waals surface area contributed by atoms with E-state index in [-0.39, 0.29) is 28.8 Å². The SMILES string of the molecule is Cc1nonc1NC(=O)c1ccc(C(F)(F)F)n2c(C(C)C)nnc12. The van der Waals surface area contributed by atoms with Crippen LogP contribution in [-0.4, -0.2) is 30.8 Å². The largest absolute Gasteiger partial charge is 0.431 e. The number of amides is 1. The Morgan fingerprint density at radius 1 is 1.24 bits per heavy atom. The molecule has 0 aliphatic rings. The Morgan fingerprint density at radius 2 is 1.96 bits per heavy atom. The summed E-state index contributed by atoms with van der Waals surface area (Å²) in [5.41, 5.74) is -0.882. The van der Waals surface area contributed by atoms with Crippen LogP contribution < -0.4 is 5.32 Å². The van der Waals surface area contributed by atoms with Crippen LogP contribution in [0.1, 0.15) is 47.3 Å². The third-order valence-corrected chi connectivity index (χ3v) is 3.51. The maximum atomic E-state index is 13.3. The van der Waals surface area contributed by atoms with Crippen molar-refractivity contribution in [3.8, 4) is 0 Å². The van der Waals surface area contributed by atoms with Crippen LogP contribution >= 0.6 is 0 Å². The molecule has 1 N–H and O–H groups in total. The summed E-state index contributed by atoms with van der Waals surface area (Å²) in [5, 5.41) is 17.0. The number of aryl methyl sites for hydroxylation is 1. The number of carbonyl (C=O) groups is 1. The molecule has 3 heterocycles. The van der Waals surface area contributed by atoms with Crippen LogP contribution in [0.5, 0.6) is 0 Å². The van der Waals surface area contributed by atoms with E-state index in [1.54, 1.807) is 20.8 Å². The second-order valence-corrected chi connectivity index (χ2v) is 5.65. The lowest BCUT2D eigenvalue weighted by molar-refractivity contribution is -0.142. The molecule has 11 heteroatoms. The fourth-order valence-corrected chi connectivity index (χ4v) is 2.31. The molecule has 3 rings (SSSR count). The Bertz CT molecular complexity index is 944. The molecule has 25 heavy (non-hydrogen) atoms. The molecule has 0 aliphatic heterocycles. The van der Waals surface area contributed by atoms with Crippen molar-refractivity contribution in [2.75, 3.05) is 5.32 Å². The van der Waals surface area contributed by atoms with Crippen molar-refractivity contribution in [1.29, 1.82) is 0 Å². The number of nitrogens with zero attached hydrogens (tertiary/aromatic N) is 5. The van der Waals surface area contributed by atoms with Crippen molar-refractivity contribution in [3.63, 3.8) is 0 Å². The van der Waals surface area contributed by atoms with Crippen molar-refractivity contribution in [2.45, 2.75) is 32.9 Å². The molecule has 3 aromatic rings. The molecule has 0 aromatic carbocycles. The van der Waals surface area contributed by atoms with E-state index in [2.05, 4.69) is 30.5 Å². The van der Waals surface area contributed by atoms with Gasteiger partial charge in [-0.15, -0.1) is 10.2 Å². The smallest absolute Gasteiger partial charge is 0.302 e. The van der Waals surface area contributed by atoms with Crippen LogP contribution in [-0.2, 0) is 6.18 Å². The molecule has 0 bridgehead atoms. The molecule has 0 spiro atoms. The van der Waals surface area contributed by atoms with Crippen molar-refractivity contribution in [2.24, 2.45) is 0 Å². The second kappa shape index (κ2) is 5.83. The Hall–Kier alpha value is -2.98. The van der Waals surface area contributed by atoms with Crippen LogP contribution in [0.15, 0.2) is 16.8 Å². The quantitative estimate of drug-likeness (QED) is 0.777. The summed E-state index contributed by atoms with van der Waals surface area (Å²) in [4.78, 5) is 12.4. The number of anilines is 1. The van der Waals surface area contributed by atoms with E-state index in [1.165, 1.54) is 0 Å². The normalized spacial score (nSPS) is 12.1. The minimum absolute atomic E-state index is 0.0743. The maximum absolute atomic E-state index is 13.3. The Morgan fingerprint density at radius 3 is 2.52 bits per heavy atom. The van der Waals surface area contributed by atoms with E-state index >= 15 is 0 Å². The zero-order valence-corrected chi connectivity index (χ0v) is 13.4. The van der Waals surface area contributed by atoms with E-state index in [9.17, 15) is 18.0 Å². The average Bonchev–Trinajstić information content (AvgIpc) is 3.12. The fraction of sp³-hybridized carbons (Fsp3) is 0.357. The van der Waals surface area contributed by atoms with Gasteiger partial charge in [0.05, 0.1) is 5.56 Å². The number of aromatic nitrogens is 5. The zero-order chi connectivity index (χ0) is 18.4. The predicted molar refractivity (Wildman–Crippen MR) is 79.1 cm³/mol. The van der Waals surface area contributed by atoms with Crippen LogP contribution in [0, 0.1) is 6.92 Å². The molecule has 0 aliphatic carbocycles. The number of nitrogens with one attached hydrogen (secondary N) is 1. The van der Waals surface area contributed by atoms with Crippen LogP contribution in [0.25, 0.3) is 5.65 Å². The number of rotatable bonds is 3. The number of halogens is 3. The molecular weight excluding hydrogens is 341 g/mol. The molecule has 8 nitrogen and oxygen atoms in total. The van der Waals surface area contributed by atoms with E-state index < -0.39 is 17.8 Å². The molecular formula is C14H13F3N6O2. The molecule has 0 saturated heterocycles. The van der Waals surface area contributed by atoms with Gasteiger partial charge >= 0.3 is 6.18 Å². The first-order valence-corrected chi connectivity index (χ1v) is 7.26. The highest BCUT2D eigenvalue weighted by atomic mass is 19.4. The lowest BCUT2D eigenvalue weighted by Crippen LogP contribution is -2.18. The molecule has 3 aromatic heterocycles. The topological polar surface area (TPSA) is 98.2 Å². The summed E-state index contributed by atoms with van der Waals surface area (Å²) < 4.78 is 45.3. The summed E-state index contributed by atoms with van der Waals surface area (Å²) in [6.07, 6.45) is -4.62. The summed E-state index contributed by atoms with van der Waals surface area (Å²) >= 11 is 0. The van der Waals surface area contributed by atoms with E-state index in [0.717, 1.165) is 16.5 Å². The monoisotopic (exact) mass is 354 g/mol. The molecule has 0 atom stereocenters. The van der Waals surface area contributed by atoms with Gasteiger partial charge in [-0.3, -0.25) is 9.20 Å². The van der Waals surface area contributed by atoms with Crippen molar-refractivity contribution >= 4 is 17.4 Å². The molecule has 0 unspecified atom stereocenters. The molecule has 0 saturated carbocycles. The van der Waals surface area contributed by atoms with Gasteiger partial charge in [-0.05, 0) is 24.2 Å². The number of hydrogen-bond donors (Lipinski definition) is 1. The highest BCUT2D eigenvalue weighted by Gasteiger charge is 2.36. The van der Waals surface area contributed by atoms with Gasteiger partial charge in [-0.1, -0.05) is 19.0 Å². The number of fused-ring (bicyclic) bond motifs is 1. The number of hydrogen-bond acceptors (Lipinski definition) is 6. The molecule has 1 amide bonds. The first-order chi connectivity index (χ1) is 11.7. The summed E-state index contributed by atoms with van der Waals surface area (Å²) in [6, 6.07) is 1.88. The summed E-state index contributed by atoms with van der Waals surface area (Å²) in [7, 11) is 0. The lowest BCUT2D eigenvalue weighted by atomic mass is 10.1. The van der Waals surface area contributed by atoms with Gasteiger partial charge in [0.1, 0.15) is 17.2 Å². The number of pyridine rings is 1. The summed E-state index contributed by atoms with van der Waals surface area (Å²) in [6.45, 7) is 4.93. The molecule has 132 valence electrons. The Labute approximate surface area is 139 Å². The maximum Gasteiger partial charge on any atom is 0.431 e. The molecule has 0 radical (unpaired) electrons. The van der Waals surface area contributed by atoms with Crippen molar-refractivity contribution < 1.29 is 22.6 Å². The number of carbonyl (C=O) groups excluding carboxylic acids is 1. The van der Waals surface area contributed by atoms with Gasteiger partial charge in [0, 0.05) is 5.92 Å². The van der Waals surface area contributed by atoms with Crippen LogP contribution in [0.4, 0.5) is 19.0 Å². The predicted octanol–water partition coefficient (Wildman–Crippen LogP) is 2.82. The zero-order valence-electron chi connectivity index (χ0n) is 13.4. The van der Waals surface area contributed by atoms with Gasteiger partial charge in [0.15, 0.2) is 5.65 Å². The third-order valence-electron chi connectivity index (χ3n) is 3.51. The highest BCUT2D eigenvalue weighted by Crippen LogP contribution is 2.32. The van der Waals surface area contributed by atoms with Gasteiger partial charge in [-0.25, -0.2) is 4.63 Å². The standard InChI is InChI=1S/C14H13F3N6O2/c1-6(2)11-19-20-12-8(4-5-9(23(11)12)14(15,16)17)13(24)18-10-7(3)21-25-22-10/h4-6H,1-3H3,(H,18,22,24). The minimum Gasteiger partial charge on any atom is -0.302 e. The summed E-state index contributed by atoms with van der Waals surface area (Å²) in [5.74, 6) is -0.834. The van der Waals surface area contributed by atoms with Gasteiger partial charge < -0.3 is 5.32 Å². The van der Waals surface area contributed by atoms with Gasteiger partial charge in [0.2, 0.25) is 5.82 Å². The first kappa shape index (κ1) is 16.9. The van der Waals surface area contributed by atoms with Crippen LogP contribution in [0.3, 0.4) is 0 Å². The fourth-order valence-electron chi connectivity index (χ4n) is 2.31. The average molecular weight is 354 g/mol. The van der Waals surface area contributed by atoms with Gasteiger partial charge in [-0.2, -0.15) is 13.2 Å².